The first kappa shape index (κ1) is 31.1. The van der Waals surface area contributed by atoms with Crippen molar-refractivity contribution in [1.29, 1.82) is 0 Å². The molecule has 4 aliphatic rings. The Kier molecular flexibility index (Phi) is 8.36. The summed E-state index contributed by atoms with van der Waals surface area (Å²) in [4.78, 5) is 31.1. The van der Waals surface area contributed by atoms with Gasteiger partial charge in [-0.3, -0.25) is 9.59 Å². The van der Waals surface area contributed by atoms with Gasteiger partial charge in [-0.1, -0.05) is 76.8 Å². The summed E-state index contributed by atoms with van der Waals surface area (Å²) in [5.41, 5.74) is 6.87. The molecule has 2 aromatic carbocycles. The first-order valence-corrected chi connectivity index (χ1v) is 17.0. The van der Waals surface area contributed by atoms with Crippen LogP contribution < -0.4 is 9.47 Å². The SMILES string of the molecule is COc1cc(C2C3=C(CC(C)(C)CC3=O)N(C3CCCCC3)C3=C2C(=O)CC(C)(C)C3)cc(Br)c1OCc1ccc(C)cc1. The van der Waals surface area contributed by atoms with E-state index in [4.69, 9.17) is 9.47 Å². The molecule has 234 valence electrons. The van der Waals surface area contributed by atoms with Gasteiger partial charge in [-0.25, -0.2) is 0 Å². The Balaban J connectivity index is 1.50. The number of halogens is 1. The summed E-state index contributed by atoms with van der Waals surface area (Å²) in [6.45, 7) is 11.3. The molecule has 0 amide bonds. The lowest BCUT2D eigenvalue weighted by atomic mass is 9.63. The second-order valence-electron chi connectivity index (χ2n) is 15.0. The number of ether oxygens (including phenoxy) is 2. The molecule has 0 bridgehead atoms. The Hall–Kier alpha value is -2.86. The second-order valence-corrected chi connectivity index (χ2v) is 15.9. The molecule has 44 heavy (non-hydrogen) atoms. The van der Waals surface area contributed by atoms with Crippen molar-refractivity contribution in [3.05, 3.63) is 80.1 Å². The fraction of sp³-hybridized carbons (Fsp3) is 0.526. The van der Waals surface area contributed by atoms with Crippen LogP contribution in [0.25, 0.3) is 0 Å². The molecular formula is C38H46BrNO4. The van der Waals surface area contributed by atoms with Crippen molar-refractivity contribution in [1.82, 2.24) is 4.90 Å². The van der Waals surface area contributed by atoms with Crippen molar-refractivity contribution in [2.75, 3.05) is 7.11 Å². The van der Waals surface area contributed by atoms with Crippen molar-refractivity contribution < 1.29 is 19.1 Å². The van der Waals surface area contributed by atoms with E-state index in [0.717, 1.165) is 63.8 Å². The lowest BCUT2D eigenvalue weighted by Gasteiger charge is -2.52. The molecule has 0 atom stereocenters. The third-order valence-corrected chi connectivity index (χ3v) is 10.6. The van der Waals surface area contributed by atoms with Crippen molar-refractivity contribution in [3.8, 4) is 11.5 Å². The van der Waals surface area contributed by atoms with Gasteiger partial charge < -0.3 is 14.4 Å². The highest BCUT2D eigenvalue weighted by Gasteiger charge is 2.50. The molecule has 1 heterocycles. The summed E-state index contributed by atoms with van der Waals surface area (Å²) in [5, 5.41) is 0. The zero-order valence-corrected chi connectivity index (χ0v) is 28.7. The third kappa shape index (κ3) is 5.91. The van der Waals surface area contributed by atoms with Gasteiger partial charge in [0, 0.05) is 47.3 Å². The summed E-state index contributed by atoms with van der Waals surface area (Å²) in [5.74, 6) is 1.13. The molecule has 0 unspecified atom stereocenters. The van der Waals surface area contributed by atoms with Crippen LogP contribution >= 0.6 is 15.9 Å². The summed E-state index contributed by atoms with van der Waals surface area (Å²) in [6.07, 6.45) is 8.49. The van der Waals surface area contributed by atoms with Crippen LogP contribution in [-0.2, 0) is 16.2 Å². The van der Waals surface area contributed by atoms with Crippen LogP contribution in [0.1, 0.15) is 108 Å². The molecule has 0 aromatic heterocycles. The number of ketones is 2. The van der Waals surface area contributed by atoms with E-state index in [-0.39, 0.29) is 22.4 Å². The standard InChI is InChI=1S/C38H46BrNO4/c1-23-12-14-24(15-13-23)22-44-36-27(39)16-25(17-32(36)43-6)33-34-28(18-37(2,3)20-30(34)41)40(26-10-8-7-9-11-26)29-19-38(4,5)21-31(42)35(29)33/h12-17,26,33H,7-11,18-22H2,1-6H3. The topological polar surface area (TPSA) is 55.8 Å². The number of allylic oxidation sites excluding steroid dienone is 4. The largest absolute Gasteiger partial charge is 0.493 e. The maximum atomic E-state index is 14.3. The lowest BCUT2D eigenvalue weighted by Crippen LogP contribution is -2.48. The maximum absolute atomic E-state index is 14.3. The predicted octanol–water partition coefficient (Wildman–Crippen LogP) is 9.36. The molecule has 1 aliphatic heterocycles. The van der Waals surface area contributed by atoms with Crippen LogP contribution in [0.5, 0.6) is 11.5 Å². The van der Waals surface area contributed by atoms with Crippen molar-refractivity contribution in [3.63, 3.8) is 0 Å². The summed E-state index contributed by atoms with van der Waals surface area (Å²) >= 11 is 3.79. The van der Waals surface area contributed by atoms with Gasteiger partial charge in [-0.05, 0) is 82.6 Å². The Morgan fingerprint density at radius 1 is 0.841 bits per heavy atom. The number of benzene rings is 2. The van der Waals surface area contributed by atoms with Gasteiger partial charge in [0.05, 0.1) is 11.6 Å². The third-order valence-electron chi connectivity index (χ3n) is 9.98. The predicted molar refractivity (Wildman–Crippen MR) is 178 cm³/mol. The van der Waals surface area contributed by atoms with E-state index in [1.165, 1.54) is 24.8 Å². The molecular weight excluding hydrogens is 614 g/mol. The Labute approximate surface area is 271 Å². The first-order chi connectivity index (χ1) is 20.9. The molecule has 3 aliphatic carbocycles. The molecule has 0 radical (unpaired) electrons. The van der Waals surface area contributed by atoms with Gasteiger partial charge in [0.2, 0.25) is 0 Å². The van der Waals surface area contributed by atoms with Crippen LogP contribution in [-0.4, -0.2) is 29.6 Å². The number of nitrogens with zero attached hydrogens (tertiary/aromatic N) is 1. The second kappa shape index (κ2) is 11.8. The number of methoxy groups -OCH3 is 1. The molecule has 6 rings (SSSR count). The van der Waals surface area contributed by atoms with Crippen molar-refractivity contribution >= 4 is 27.5 Å². The number of rotatable bonds is 6. The van der Waals surface area contributed by atoms with Crippen molar-refractivity contribution in [2.45, 2.75) is 111 Å². The molecule has 6 heteroatoms. The van der Waals surface area contributed by atoms with Gasteiger partial charge in [0.15, 0.2) is 23.1 Å². The van der Waals surface area contributed by atoms with E-state index >= 15 is 0 Å². The molecule has 0 spiro atoms. The van der Waals surface area contributed by atoms with Gasteiger partial charge in [-0.15, -0.1) is 0 Å². The molecule has 5 nitrogen and oxygen atoms in total. The van der Waals surface area contributed by atoms with Crippen LogP contribution in [0.3, 0.4) is 0 Å². The quantitative estimate of drug-likeness (QED) is 0.309. The van der Waals surface area contributed by atoms with Crippen molar-refractivity contribution in [2.24, 2.45) is 10.8 Å². The summed E-state index contributed by atoms with van der Waals surface area (Å²) < 4.78 is 13.0. The highest BCUT2D eigenvalue weighted by Crippen LogP contribution is 2.56. The maximum Gasteiger partial charge on any atom is 0.175 e. The van der Waals surface area contributed by atoms with Crippen LogP contribution in [0.2, 0.25) is 0 Å². The number of aryl methyl sites for hydroxylation is 1. The van der Waals surface area contributed by atoms with E-state index in [2.05, 4.69) is 79.7 Å². The molecule has 1 fully saturated rings. The lowest BCUT2D eigenvalue weighted by molar-refractivity contribution is -0.119. The molecule has 0 N–H and O–H groups in total. The van der Waals surface area contributed by atoms with Crippen LogP contribution in [0.4, 0.5) is 0 Å². The zero-order chi connectivity index (χ0) is 31.4. The van der Waals surface area contributed by atoms with Gasteiger partial charge in [0.1, 0.15) is 6.61 Å². The fourth-order valence-corrected chi connectivity index (χ4v) is 8.57. The molecule has 0 saturated heterocycles. The van der Waals surface area contributed by atoms with E-state index in [9.17, 15) is 9.59 Å². The number of carbonyl (C=O) groups excluding carboxylic acids is 2. The van der Waals surface area contributed by atoms with Crippen LogP contribution in [0, 0.1) is 17.8 Å². The summed E-state index contributed by atoms with van der Waals surface area (Å²) in [6, 6.07) is 12.7. The van der Waals surface area contributed by atoms with E-state index in [0.29, 0.717) is 37.0 Å². The van der Waals surface area contributed by atoms with E-state index in [1.54, 1.807) is 7.11 Å². The van der Waals surface area contributed by atoms with Gasteiger partial charge in [-0.2, -0.15) is 0 Å². The number of hydrogen-bond acceptors (Lipinski definition) is 5. The number of Topliss-reactive ketones (excluding diaryl/α,β-unsaturated/α-hetero) is 2. The minimum Gasteiger partial charge on any atom is -0.493 e. The Morgan fingerprint density at radius 3 is 1.95 bits per heavy atom. The van der Waals surface area contributed by atoms with Crippen LogP contribution in [0.15, 0.2) is 63.4 Å². The van der Waals surface area contributed by atoms with E-state index < -0.39 is 5.92 Å². The average molecular weight is 661 g/mol. The normalized spacial score (nSPS) is 22.2. The minimum absolute atomic E-state index is 0.133. The Morgan fingerprint density at radius 2 is 1.41 bits per heavy atom. The average Bonchev–Trinajstić information content (AvgIpc) is 2.95. The van der Waals surface area contributed by atoms with Gasteiger partial charge >= 0.3 is 0 Å². The molecule has 1 saturated carbocycles. The number of carbonyl (C=O) groups is 2. The fourth-order valence-electron chi connectivity index (χ4n) is 8.00. The first-order valence-electron chi connectivity index (χ1n) is 16.2. The highest BCUT2D eigenvalue weighted by molar-refractivity contribution is 9.10. The number of hydrogen-bond donors (Lipinski definition) is 0. The molecule has 2 aromatic rings. The highest BCUT2D eigenvalue weighted by atomic mass is 79.9. The monoisotopic (exact) mass is 659 g/mol. The zero-order valence-electron chi connectivity index (χ0n) is 27.1. The minimum atomic E-state index is -0.414. The van der Waals surface area contributed by atoms with Gasteiger partial charge in [0.25, 0.3) is 0 Å². The Bertz CT molecular complexity index is 1490. The van der Waals surface area contributed by atoms with E-state index in [1.807, 2.05) is 12.1 Å². The smallest absolute Gasteiger partial charge is 0.175 e. The summed E-state index contributed by atoms with van der Waals surface area (Å²) in [7, 11) is 1.65.